The van der Waals surface area contributed by atoms with Gasteiger partial charge in [-0.15, -0.1) is 0 Å². The van der Waals surface area contributed by atoms with Crippen molar-refractivity contribution in [2.24, 2.45) is 0 Å². The van der Waals surface area contributed by atoms with E-state index in [0.29, 0.717) is 6.42 Å². The molecule has 0 bridgehead atoms. The smallest absolute Gasteiger partial charge is 0.428 e. The fourth-order valence-corrected chi connectivity index (χ4v) is 2.21. The second-order valence-electron chi connectivity index (χ2n) is 5.55. The lowest BCUT2D eigenvalue weighted by molar-refractivity contribution is -0.165. The van der Waals surface area contributed by atoms with Crippen LogP contribution in [0.3, 0.4) is 0 Å². The first kappa shape index (κ1) is 23.7. The molecule has 0 saturated heterocycles. The number of unbranched alkanes of at least 4 members (excludes halogenated alkanes) is 7. The monoisotopic (exact) mass is 387 g/mol. The van der Waals surface area contributed by atoms with Crippen molar-refractivity contribution in [3.8, 4) is 0 Å². The Morgan fingerprint density at radius 2 is 1.40 bits per heavy atom. The van der Waals surface area contributed by atoms with Crippen molar-refractivity contribution < 1.29 is 40.8 Å². The van der Waals surface area contributed by atoms with Gasteiger partial charge in [0.1, 0.15) is 13.2 Å². The van der Waals surface area contributed by atoms with Crippen molar-refractivity contribution in [2.75, 3.05) is 13.2 Å². The minimum Gasteiger partial charge on any atom is -0.743 e. The van der Waals surface area contributed by atoms with Crippen molar-refractivity contribution in [3.63, 3.8) is 0 Å². The molecule has 10 heteroatoms. The molecule has 148 valence electrons. The molecule has 0 fully saturated rings. The van der Waals surface area contributed by atoms with Crippen LogP contribution in [-0.2, 0) is 29.2 Å². The molecule has 0 unspecified atom stereocenters. The van der Waals surface area contributed by atoms with Crippen molar-refractivity contribution in [2.45, 2.75) is 70.0 Å². The van der Waals surface area contributed by atoms with E-state index in [0.717, 1.165) is 19.3 Å². The van der Waals surface area contributed by atoms with E-state index in [4.69, 9.17) is 0 Å². The number of rotatable bonds is 14. The minimum atomic E-state index is -6.15. The molecule has 0 rings (SSSR count). The van der Waals surface area contributed by atoms with Gasteiger partial charge in [0.05, 0.1) is 0 Å². The fourth-order valence-electron chi connectivity index (χ4n) is 1.95. The first-order chi connectivity index (χ1) is 11.6. The molecule has 0 aromatic carbocycles. The van der Waals surface area contributed by atoms with E-state index in [9.17, 15) is 31.3 Å². The number of carbonyl (C=O) groups is 2. The molecule has 0 aromatic rings. The number of carbonyl (C=O) groups excluding carboxylic acids is 2. The Balaban J connectivity index is 3.70. The van der Waals surface area contributed by atoms with Gasteiger partial charge in [0.2, 0.25) is 0 Å². The zero-order chi connectivity index (χ0) is 19.3. The summed E-state index contributed by atoms with van der Waals surface area (Å²) in [6, 6.07) is 0. The predicted octanol–water partition coefficient (Wildman–Crippen LogP) is 2.74. The van der Waals surface area contributed by atoms with Crippen molar-refractivity contribution in [3.05, 3.63) is 0 Å². The second-order valence-corrected chi connectivity index (χ2v) is 6.97. The topological polar surface area (TPSA) is 110 Å². The van der Waals surface area contributed by atoms with Gasteiger partial charge in [-0.05, 0) is 6.42 Å². The van der Waals surface area contributed by atoms with Gasteiger partial charge < -0.3 is 14.0 Å². The molecule has 0 aliphatic heterocycles. The highest BCUT2D eigenvalue weighted by Crippen LogP contribution is 2.21. The van der Waals surface area contributed by atoms with Crippen LogP contribution in [0.5, 0.6) is 0 Å². The molecular formula is C15H25F2O7S-. The molecule has 0 saturated carbocycles. The van der Waals surface area contributed by atoms with Crippen LogP contribution in [0.25, 0.3) is 0 Å². The molecule has 0 heterocycles. The van der Waals surface area contributed by atoms with Crippen LogP contribution in [0.1, 0.15) is 64.7 Å². The van der Waals surface area contributed by atoms with E-state index in [2.05, 4.69) is 16.4 Å². The zero-order valence-corrected chi connectivity index (χ0v) is 15.1. The quantitative estimate of drug-likeness (QED) is 0.256. The second kappa shape index (κ2) is 12.1. The lowest BCUT2D eigenvalue weighted by Gasteiger charge is -2.17. The van der Waals surface area contributed by atoms with Gasteiger partial charge in [-0.2, -0.15) is 8.78 Å². The molecule has 0 N–H and O–H groups in total. The molecule has 7 nitrogen and oxygen atoms in total. The Morgan fingerprint density at radius 1 is 0.920 bits per heavy atom. The molecule has 0 radical (unpaired) electrons. The summed E-state index contributed by atoms with van der Waals surface area (Å²) in [5, 5.41) is -5.16. The molecular weight excluding hydrogens is 362 g/mol. The van der Waals surface area contributed by atoms with Crippen LogP contribution in [-0.4, -0.2) is 43.4 Å². The SMILES string of the molecule is CCCCCCCCCCC(=O)OCCOC(=O)C(F)(F)S(=O)(=O)[O-]. The fraction of sp³-hybridized carbons (Fsp3) is 0.867. The maximum absolute atomic E-state index is 12.8. The van der Waals surface area contributed by atoms with E-state index in [1.165, 1.54) is 25.7 Å². The number of hydrogen-bond acceptors (Lipinski definition) is 7. The molecule has 0 amide bonds. The van der Waals surface area contributed by atoms with Crippen LogP contribution in [0.2, 0.25) is 0 Å². The summed E-state index contributed by atoms with van der Waals surface area (Å²) in [4.78, 5) is 22.2. The van der Waals surface area contributed by atoms with E-state index in [-0.39, 0.29) is 6.42 Å². The molecule has 25 heavy (non-hydrogen) atoms. The summed E-state index contributed by atoms with van der Waals surface area (Å²) in [5.41, 5.74) is 0. The third kappa shape index (κ3) is 10.3. The van der Waals surface area contributed by atoms with Gasteiger partial charge in [0.15, 0.2) is 10.1 Å². The summed E-state index contributed by atoms with van der Waals surface area (Å²) < 4.78 is 64.7. The standard InChI is InChI=1S/C15H26F2O7S/c1-2-3-4-5-6-7-8-9-10-13(18)23-11-12-24-14(19)15(16,17)25(20,21)22/h2-12H2,1H3,(H,20,21,22)/p-1. The average molecular weight is 387 g/mol. The number of hydrogen-bond donors (Lipinski definition) is 0. The predicted molar refractivity (Wildman–Crippen MR) is 83.8 cm³/mol. The molecule has 0 spiro atoms. The summed E-state index contributed by atoms with van der Waals surface area (Å²) in [6.45, 7) is 0.896. The van der Waals surface area contributed by atoms with Gasteiger partial charge in [0.25, 0.3) is 0 Å². The van der Waals surface area contributed by atoms with Crippen molar-refractivity contribution in [1.82, 2.24) is 0 Å². The van der Waals surface area contributed by atoms with Gasteiger partial charge in [-0.25, -0.2) is 13.2 Å². The zero-order valence-electron chi connectivity index (χ0n) is 14.3. The van der Waals surface area contributed by atoms with E-state index < -0.39 is 40.5 Å². The lowest BCUT2D eigenvalue weighted by atomic mass is 10.1. The van der Waals surface area contributed by atoms with Crippen molar-refractivity contribution in [1.29, 1.82) is 0 Å². The number of esters is 2. The van der Waals surface area contributed by atoms with E-state index in [1.54, 1.807) is 0 Å². The first-order valence-electron chi connectivity index (χ1n) is 8.29. The minimum absolute atomic E-state index is 0.161. The average Bonchev–Trinajstić information content (AvgIpc) is 2.52. The van der Waals surface area contributed by atoms with E-state index >= 15 is 0 Å². The third-order valence-corrected chi connectivity index (χ3v) is 4.16. The largest absolute Gasteiger partial charge is 0.743 e. The van der Waals surface area contributed by atoms with Gasteiger partial charge in [0, 0.05) is 6.42 Å². The molecule has 0 atom stereocenters. The van der Waals surface area contributed by atoms with Crippen LogP contribution in [0, 0.1) is 0 Å². The molecule has 0 aliphatic carbocycles. The highest BCUT2D eigenvalue weighted by Gasteiger charge is 2.48. The van der Waals surface area contributed by atoms with Crippen molar-refractivity contribution >= 4 is 22.1 Å². The molecule has 0 aromatic heterocycles. The van der Waals surface area contributed by atoms with E-state index in [1.807, 2.05) is 0 Å². The van der Waals surface area contributed by atoms with Gasteiger partial charge in [-0.1, -0.05) is 51.9 Å². The maximum atomic E-state index is 12.8. The highest BCUT2D eigenvalue weighted by molar-refractivity contribution is 7.87. The maximum Gasteiger partial charge on any atom is 0.428 e. The van der Waals surface area contributed by atoms with Crippen LogP contribution < -0.4 is 0 Å². The number of ether oxygens (including phenoxy) is 2. The van der Waals surface area contributed by atoms with Crippen LogP contribution in [0.4, 0.5) is 8.78 Å². The summed E-state index contributed by atoms with van der Waals surface area (Å²) in [7, 11) is -6.15. The summed E-state index contributed by atoms with van der Waals surface area (Å²) in [5.74, 6) is -3.05. The Kier molecular flexibility index (Phi) is 11.5. The number of alkyl halides is 2. The summed E-state index contributed by atoms with van der Waals surface area (Å²) >= 11 is 0. The van der Waals surface area contributed by atoms with Gasteiger partial charge in [-0.3, -0.25) is 4.79 Å². The first-order valence-corrected chi connectivity index (χ1v) is 9.69. The van der Waals surface area contributed by atoms with Gasteiger partial charge >= 0.3 is 17.2 Å². The number of halogens is 2. The highest BCUT2D eigenvalue weighted by atomic mass is 32.2. The molecule has 0 aliphatic rings. The normalized spacial score (nSPS) is 12.0. The third-order valence-electron chi connectivity index (χ3n) is 3.37. The summed E-state index contributed by atoms with van der Waals surface area (Å²) in [6.07, 6.45) is 8.61. The lowest BCUT2D eigenvalue weighted by Crippen LogP contribution is -2.39. The van der Waals surface area contributed by atoms with Crippen LogP contribution in [0.15, 0.2) is 0 Å². The Bertz CT molecular complexity index is 506. The Morgan fingerprint density at radius 3 is 1.92 bits per heavy atom. The Labute approximate surface area is 146 Å². The van der Waals surface area contributed by atoms with Crippen LogP contribution >= 0.6 is 0 Å². The Hall–Kier alpha value is -1.29.